The number of rotatable bonds is 6. The van der Waals surface area contributed by atoms with Crippen molar-refractivity contribution in [3.8, 4) is 0 Å². The molecule has 0 radical (unpaired) electrons. The molecule has 1 N–H and O–H groups in total. The number of benzene rings is 2. The van der Waals surface area contributed by atoms with Crippen molar-refractivity contribution < 1.29 is 14.0 Å². The molecule has 0 spiro atoms. The van der Waals surface area contributed by atoms with Crippen LogP contribution in [-0.4, -0.2) is 35.3 Å². The van der Waals surface area contributed by atoms with Crippen LogP contribution < -0.4 is 5.32 Å². The van der Waals surface area contributed by atoms with Gasteiger partial charge in [0.15, 0.2) is 6.10 Å². The lowest BCUT2D eigenvalue weighted by molar-refractivity contribution is 0.0586. The quantitative estimate of drug-likeness (QED) is 0.811. The zero-order valence-corrected chi connectivity index (χ0v) is 16.5. The topological polar surface area (TPSA) is 53.9 Å². The zero-order chi connectivity index (χ0) is 20.1. The Morgan fingerprint density at radius 2 is 2.07 bits per heavy atom. The van der Waals surface area contributed by atoms with Crippen LogP contribution in [0.25, 0.3) is 0 Å². The van der Waals surface area contributed by atoms with Gasteiger partial charge in [-0.25, -0.2) is 9.18 Å². The highest BCUT2D eigenvalue weighted by molar-refractivity contribution is 6.02. The van der Waals surface area contributed by atoms with Gasteiger partial charge in [-0.1, -0.05) is 41.6 Å². The fourth-order valence-electron chi connectivity index (χ4n) is 3.24. The Labute approximate surface area is 165 Å². The van der Waals surface area contributed by atoms with E-state index in [-0.39, 0.29) is 24.0 Å². The van der Waals surface area contributed by atoms with E-state index in [1.165, 1.54) is 12.1 Å². The normalized spacial score (nSPS) is 15.9. The van der Waals surface area contributed by atoms with Crippen molar-refractivity contribution in [3.63, 3.8) is 0 Å². The van der Waals surface area contributed by atoms with Crippen molar-refractivity contribution in [1.29, 1.82) is 0 Å². The molecule has 28 heavy (non-hydrogen) atoms. The zero-order valence-electron chi connectivity index (χ0n) is 16.5. The van der Waals surface area contributed by atoms with E-state index in [1.807, 2.05) is 51.1 Å². The summed E-state index contributed by atoms with van der Waals surface area (Å²) in [6.07, 6.45) is 0.389. The molecular formula is C22H26FN3O2. The molecule has 148 valence electrons. The third-order valence-corrected chi connectivity index (χ3v) is 4.57. The molecule has 2 amide bonds. The van der Waals surface area contributed by atoms with E-state index in [2.05, 4.69) is 10.5 Å². The van der Waals surface area contributed by atoms with Crippen LogP contribution in [0.5, 0.6) is 0 Å². The van der Waals surface area contributed by atoms with E-state index in [0.29, 0.717) is 19.5 Å². The molecule has 0 bridgehead atoms. The van der Waals surface area contributed by atoms with Gasteiger partial charge in [-0.2, -0.15) is 0 Å². The summed E-state index contributed by atoms with van der Waals surface area (Å²) in [5.41, 5.74) is 3.82. The summed E-state index contributed by atoms with van der Waals surface area (Å²) >= 11 is 0. The van der Waals surface area contributed by atoms with Crippen LogP contribution in [0.1, 0.15) is 37.0 Å². The van der Waals surface area contributed by atoms with E-state index in [1.54, 1.807) is 11.0 Å². The van der Waals surface area contributed by atoms with Crippen LogP contribution in [0.4, 0.5) is 9.18 Å². The Balaban J connectivity index is 1.69. The molecule has 2 aromatic carbocycles. The van der Waals surface area contributed by atoms with E-state index in [0.717, 1.165) is 22.4 Å². The lowest BCUT2D eigenvalue weighted by atomic mass is 10.0. The third kappa shape index (κ3) is 5.09. The summed E-state index contributed by atoms with van der Waals surface area (Å²) in [6.45, 7) is 6.52. The second-order valence-corrected chi connectivity index (χ2v) is 7.40. The number of carbonyl (C=O) groups excluding carboxylic acids is 1. The first kappa shape index (κ1) is 19.9. The molecule has 0 saturated carbocycles. The van der Waals surface area contributed by atoms with Crippen LogP contribution >= 0.6 is 0 Å². The third-order valence-electron chi connectivity index (χ3n) is 4.57. The number of amides is 2. The molecule has 0 fully saturated rings. The monoisotopic (exact) mass is 383 g/mol. The molecule has 1 aliphatic heterocycles. The van der Waals surface area contributed by atoms with E-state index < -0.39 is 0 Å². The molecule has 1 aliphatic rings. The van der Waals surface area contributed by atoms with Crippen molar-refractivity contribution in [2.45, 2.75) is 45.9 Å². The second kappa shape index (κ2) is 8.87. The maximum absolute atomic E-state index is 13.5. The number of urea groups is 1. The second-order valence-electron chi connectivity index (χ2n) is 7.40. The SMILES string of the molecule is Cc1ccccc1C1=NOC(CN(Cc2cccc(F)c2)C(=O)NC(C)C)C1. The van der Waals surface area contributed by atoms with Gasteiger partial charge < -0.3 is 15.1 Å². The van der Waals surface area contributed by atoms with Gasteiger partial charge in [-0.3, -0.25) is 0 Å². The highest BCUT2D eigenvalue weighted by atomic mass is 19.1. The Morgan fingerprint density at radius 1 is 1.29 bits per heavy atom. The van der Waals surface area contributed by atoms with Crippen LogP contribution in [0.2, 0.25) is 0 Å². The predicted octanol–water partition coefficient (Wildman–Crippen LogP) is 4.25. The summed E-state index contributed by atoms with van der Waals surface area (Å²) < 4.78 is 13.5. The number of hydrogen-bond donors (Lipinski definition) is 1. The number of nitrogens with zero attached hydrogens (tertiary/aromatic N) is 2. The number of carbonyl (C=O) groups is 1. The molecule has 0 saturated heterocycles. The standard InChI is InChI=1S/C22H26FN3O2/c1-15(2)24-22(27)26(13-17-8-6-9-18(23)11-17)14-19-12-21(25-28-19)20-10-5-4-7-16(20)3/h4-11,15,19H,12-14H2,1-3H3,(H,24,27). The molecule has 1 heterocycles. The van der Waals surface area contributed by atoms with Crippen molar-refractivity contribution in [2.75, 3.05) is 6.54 Å². The fraction of sp³-hybridized carbons (Fsp3) is 0.364. The van der Waals surface area contributed by atoms with Gasteiger partial charge in [-0.15, -0.1) is 0 Å². The summed E-state index contributed by atoms with van der Waals surface area (Å²) in [4.78, 5) is 19.9. The molecule has 0 aromatic heterocycles. The first-order chi connectivity index (χ1) is 13.4. The molecule has 1 atom stereocenters. The van der Waals surface area contributed by atoms with Crippen LogP contribution in [0, 0.1) is 12.7 Å². The van der Waals surface area contributed by atoms with Gasteiger partial charge in [0.1, 0.15) is 5.82 Å². The highest BCUT2D eigenvalue weighted by Crippen LogP contribution is 2.21. The smallest absolute Gasteiger partial charge is 0.318 e. The Kier molecular flexibility index (Phi) is 6.29. The molecule has 2 aromatic rings. The van der Waals surface area contributed by atoms with Gasteiger partial charge in [0, 0.05) is 24.6 Å². The van der Waals surface area contributed by atoms with Gasteiger partial charge in [0.05, 0.1) is 12.3 Å². The van der Waals surface area contributed by atoms with Crippen molar-refractivity contribution in [2.24, 2.45) is 5.16 Å². The highest BCUT2D eigenvalue weighted by Gasteiger charge is 2.27. The summed E-state index contributed by atoms with van der Waals surface area (Å²) in [6, 6.07) is 14.1. The van der Waals surface area contributed by atoms with Crippen molar-refractivity contribution in [3.05, 3.63) is 71.0 Å². The lowest BCUT2D eigenvalue weighted by Crippen LogP contribution is -2.45. The number of hydrogen-bond acceptors (Lipinski definition) is 3. The lowest BCUT2D eigenvalue weighted by Gasteiger charge is -2.26. The average Bonchev–Trinajstić information content (AvgIpc) is 3.09. The molecule has 6 heteroatoms. The van der Waals surface area contributed by atoms with Crippen LogP contribution in [-0.2, 0) is 11.4 Å². The van der Waals surface area contributed by atoms with E-state index in [9.17, 15) is 9.18 Å². The molecule has 3 rings (SSSR count). The van der Waals surface area contributed by atoms with Crippen LogP contribution in [0.3, 0.4) is 0 Å². The number of halogens is 1. The number of aryl methyl sites for hydroxylation is 1. The minimum Gasteiger partial charge on any atom is -0.390 e. The maximum Gasteiger partial charge on any atom is 0.318 e. The van der Waals surface area contributed by atoms with Gasteiger partial charge in [0.25, 0.3) is 0 Å². The minimum atomic E-state index is -0.316. The largest absolute Gasteiger partial charge is 0.390 e. The summed E-state index contributed by atoms with van der Waals surface area (Å²) in [5, 5.41) is 7.14. The predicted molar refractivity (Wildman–Crippen MR) is 108 cm³/mol. The van der Waals surface area contributed by atoms with Gasteiger partial charge in [-0.05, 0) is 44.0 Å². The maximum atomic E-state index is 13.5. The fourth-order valence-corrected chi connectivity index (χ4v) is 3.24. The summed E-state index contributed by atoms with van der Waals surface area (Å²) in [5.74, 6) is -0.316. The summed E-state index contributed by atoms with van der Waals surface area (Å²) in [7, 11) is 0. The Hall–Kier alpha value is -2.89. The first-order valence-electron chi connectivity index (χ1n) is 9.51. The van der Waals surface area contributed by atoms with E-state index in [4.69, 9.17) is 4.84 Å². The number of nitrogens with one attached hydrogen (secondary N) is 1. The molecular weight excluding hydrogens is 357 g/mol. The minimum absolute atomic E-state index is 0.00536. The Bertz CT molecular complexity index is 866. The van der Waals surface area contributed by atoms with Crippen molar-refractivity contribution in [1.82, 2.24) is 10.2 Å². The number of oxime groups is 1. The van der Waals surface area contributed by atoms with Gasteiger partial charge >= 0.3 is 6.03 Å². The molecule has 0 aliphatic carbocycles. The average molecular weight is 383 g/mol. The van der Waals surface area contributed by atoms with Crippen molar-refractivity contribution >= 4 is 11.7 Å². The first-order valence-corrected chi connectivity index (χ1v) is 9.51. The molecule has 1 unspecified atom stereocenters. The van der Waals surface area contributed by atoms with E-state index >= 15 is 0 Å². The molecule has 5 nitrogen and oxygen atoms in total. The Morgan fingerprint density at radius 3 is 2.79 bits per heavy atom. The van der Waals surface area contributed by atoms with Crippen LogP contribution in [0.15, 0.2) is 53.7 Å². The van der Waals surface area contributed by atoms with Gasteiger partial charge in [0.2, 0.25) is 0 Å².